The van der Waals surface area contributed by atoms with Crippen LogP contribution in [0.3, 0.4) is 0 Å². The van der Waals surface area contributed by atoms with Gasteiger partial charge >= 0.3 is 0 Å². The summed E-state index contributed by atoms with van der Waals surface area (Å²) in [5.41, 5.74) is 1.37. The van der Waals surface area contributed by atoms with Crippen molar-refractivity contribution in [3.05, 3.63) is 35.6 Å². The van der Waals surface area contributed by atoms with Gasteiger partial charge in [-0.25, -0.2) is 4.39 Å². The number of rotatable bonds is 4. The second kappa shape index (κ2) is 5.82. The lowest BCUT2D eigenvalue weighted by Gasteiger charge is -2.43. The zero-order valence-electron chi connectivity index (χ0n) is 16.1. The molecule has 26 heavy (non-hydrogen) atoms. The number of hydrogen-bond donors (Lipinski definition) is 0. The Hall–Kier alpha value is -0.850. The first-order chi connectivity index (χ1) is 12.7. The first-order valence-corrected chi connectivity index (χ1v) is 11.5. The predicted molar refractivity (Wildman–Crippen MR) is 103 cm³/mol. The van der Waals surface area contributed by atoms with Crippen molar-refractivity contribution in [1.29, 1.82) is 0 Å². The third-order valence-corrected chi connectivity index (χ3v) is 9.77. The second-order valence-corrected chi connectivity index (χ2v) is 10.7. The molecule has 0 heterocycles. The van der Waals surface area contributed by atoms with Gasteiger partial charge in [0.2, 0.25) is 0 Å². The van der Waals surface area contributed by atoms with Crippen LogP contribution in [0.5, 0.6) is 0 Å². The lowest BCUT2D eigenvalue weighted by Crippen LogP contribution is -2.39. The van der Waals surface area contributed by atoms with Crippen molar-refractivity contribution in [1.82, 2.24) is 0 Å². The summed E-state index contributed by atoms with van der Waals surface area (Å²) < 4.78 is 13.2. The average molecular weight is 353 g/mol. The normalized spacial score (nSPS) is 50.4. The fourth-order valence-corrected chi connectivity index (χ4v) is 9.38. The topological polar surface area (TPSA) is 0 Å². The van der Waals surface area contributed by atoms with E-state index in [1.54, 1.807) is 31.4 Å². The molecule has 5 aliphatic carbocycles. The number of benzene rings is 1. The van der Waals surface area contributed by atoms with Crippen molar-refractivity contribution in [2.75, 3.05) is 0 Å². The molecule has 1 aromatic carbocycles. The van der Waals surface area contributed by atoms with Gasteiger partial charge < -0.3 is 0 Å². The van der Waals surface area contributed by atoms with E-state index in [4.69, 9.17) is 0 Å². The van der Waals surface area contributed by atoms with E-state index in [0.717, 1.165) is 59.2 Å². The minimum atomic E-state index is -0.0937. The summed E-state index contributed by atoms with van der Waals surface area (Å²) in [7, 11) is 0. The van der Waals surface area contributed by atoms with Crippen LogP contribution in [-0.2, 0) is 6.42 Å². The Labute approximate surface area is 158 Å². The second-order valence-electron chi connectivity index (χ2n) is 10.7. The van der Waals surface area contributed by atoms with Gasteiger partial charge in [-0.05, 0) is 115 Å². The highest BCUT2D eigenvalue weighted by Crippen LogP contribution is 2.74. The van der Waals surface area contributed by atoms with Crippen molar-refractivity contribution in [2.45, 2.75) is 58.3 Å². The van der Waals surface area contributed by atoms with Crippen LogP contribution < -0.4 is 0 Å². The first-order valence-electron chi connectivity index (χ1n) is 11.5. The summed E-state index contributed by atoms with van der Waals surface area (Å²) >= 11 is 0. The SMILES string of the molecule is CCCC1CC2C(C1)C1CC2C2C3CC(Cc4ccc(F)cc4)C(C3)C12. The Kier molecular flexibility index (Phi) is 3.61. The van der Waals surface area contributed by atoms with Crippen molar-refractivity contribution < 1.29 is 4.39 Å². The van der Waals surface area contributed by atoms with Crippen molar-refractivity contribution >= 4 is 0 Å². The van der Waals surface area contributed by atoms with Gasteiger partial charge in [0.05, 0.1) is 0 Å². The molecule has 4 bridgehead atoms. The zero-order chi connectivity index (χ0) is 17.4. The molecule has 6 rings (SSSR count). The Morgan fingerprint density at radius 3 is 2.27 bits per heavy atom. The van der Waals surface area contributed by atoms with E-state index in [0.29, 0.717) is 0 Å². The Bertz CT molecular complexity index is 678. The molecule has 0 N–H and O–H groups in total. The van der Waals surface area contributed by atoms with Gasteiger partial charge in [-0.3, -0.25) is 0 Å². The molecule has 5 saturated carbocycles. The highest BCUT2D eigenvalue weighted by atomic mass is 19.1. The van der Waals surface area contributed by atoms with E-state index < -0.39 is 0 Å². The van der Waals surface area contributed by atoms with Crippen LogP contribution in [0.4, 0.5) is 4.39 Å². The number of halogens is 1. The lowest BCUT2D eigenvalue weighted by molar-refractivity contribution is 0.0465. The lowest BCUT2D eigenvalue weighted by atomic mass is 9.61. The molecule has 0 aromatic heterocycles. The summed E-state index contributed by atoms with van der Waals surface area (Å²) in [6, 6.07) is 7.36. The molecule has 0 radical (unpaired) electrons. The summed E-state index contributed by atoms with van der Waals surface area (Å²) in [5.74, 6) is 10.5. The fraction of sp³-hybridized carbons (Fsp3) is 0.760. The number of fused-ring (bicyclic) bond motifs is 12. The van der Waals surface area contributed by atoms with E-state index >= 15 is 0 Å². The van der Waals surface area contributed by atoms with Crippen LogP contribution in [0.15, 0.2) is 24.3 Å². The maximum atomic E-state index is 13.2. The highest BCUT2D eigenvalue weighted by Gasteiger charge is 2.68. The molecule has 0 spiro atoms. The summed E-state index contributed by atoms with van der Waals surface area (Å²) in [6.07, 6.45) is 11.8. The molecule has 1 aromatic rings. The molecule has 1 heteroatoms. The monoisotopic (exact) mass is 352 g/mol. The molecule has 5 aliphatic rings. The van der Waals surface area contributed by atoms with Gasteiger partial charge in [0.1, 0.15) is 5.82 Å². The number of hydrogen-bond acceptors (Lipinski definition) is 0. The van der Waals surface area contributed by atoms with Gasteiger partial charge in [-0.2, -0.15) is 0 Å². The Morgan fingerprint density at radius 1 is 0.808 bits per heavy atom. The minimum absolute atomic E-state index is 0.0937. The van der Waals surface area contributed by atoms with Gasteiger partial charge in [0.15, 0.2) is 0 Å². The third kappa shape index (κ3) is 2.18. The zero-order valence-corrected chi connectivity index (χ0v) is 16.1. The van der Waals surface area contributed by atoms with E-state index in [2.05, 4.69) is 6.92 Å². The average Bonchev–Trinajstić information content (AvgIpc) is 3.38. The molecule has 0 aliphatic heterocycles. The quantitative estimate of drug-likeness (QED) is 0.554. The van der Waals surface area contributed by atoms with Crippen LogP contribution in [-0.4, -0.2) is 0 Å². The molecular formula is C25H33F. The summed E-state index contributed by atoms with van der Waals surface area (Å²) in [4.78, 5) is 0. The minimum Gasteiger partial charge on any atom is -0.207 e. The smallest absolute Gasteiger partial charge is 0.123 e. The summed E-state index contributed by atoms with van der Waals surface area (Å²) in [5, 5.41) is 0. The Morgan fingerprint density at radius 2 is 1.54 bits per heavy atom. The highest BCUT2D eigenvalue weighted by molar-refractivity contribution is 5.21. The maximum absolute atomic E-state index is 13.2. The molecule has 0 amide bonds. The van der Waals surface area contributed by atoms with Gasteiger partial charge in [-0.15, -0.1) is 0 Å². The largest absolute Gasteiger partial charge is 0.207 e. The van der Waals surface area contributed by atoms with E-state index in [1.807, 2.05) is 12.1 Å². The van der Waals surface area contributed by atoms with Gasteiger partial charge in [-0.1, -0.05) is 31.9 Å². The third-order valence-electron chi connectivity index (χ3n) is 9.77. The van der Waals surface area contributed by atoms with E-state index in [9.17, 15) is 4.39 Å². The maximum Gasteiger partial charge on any atom is 0.123 e. The van der Waals surface area contributed by atoms with E-state index in [1.165, 1.54) is 37.7 Å². The molecule has 140 valence electrons. The van der Waals surface area contributed by atoms with Crippen molar-refractivity contribution in [3.63, 3.8) is 0 Å². The van der Waals surface area contributed by atoms with Crippen LogP contribution in [0.25, 0.3) is 0 Å². The Balaban J connectivity index is 1.20. The molecule has 10 atom stereocenters. The van der Waals surface area contributed by atoms with Gasteiger partial charge in [0.25, 0.3) is 0 Å². The van der Waals surface area contributed by atoms with Crippen LogP contribution in [0, 0.1) is 65.0 Å². The summed E-state index contributed by atoms with van der Waals surface area (Å²) in [6.45, 7) is 2.37. The van der Waals surface area contributed by atoms with Crippen LogP contribution in [0.1, 0.15) is 57.4 Å². The standard InChI is InChI=1S/C25H33F/c1-2-3-15-9-20-21(10-15)23-13-22(20)24-17-11-16(19(12-17)25(23)24)8-14-4-6-18(26)7-5-14/h4-7,15-17,19-25H,2-3,8-13H2,1H3. The van der Waals surface area contributed by atoms with Crippen LogP contribution >= 0.6 is 0 Å². The molecule has 5 fully saturated rings. The van der Waals surface area contributed by atoms with Crippen molar-refractivity contribution in [2.24, 2.45) is 59.2 Å². The molecule has 10 unspecified atom stereocenters. The van der Waals surface area contributed by atoms with Crippen molar-refractivity contribution in [3.8, 4) is 0 Å². The van der Waals surface area contributed by atoms with Gasteiger partial charge in [0, 0.05) is 0 Å². The molecule has 0 saturated heterocycles. The van der Waals surface area contributed by atoms with E-state index in [-0.39, 0.29) is 5.82 Å². The first kappa shape index (κ1) is 16.1. The molecule has 0 nitrogen and oxygen atoms in total. The molecular weight excluding hydrogens is 319 g/mol. The fourth-order valence-electron chi connectivity index (χ4n) is 9.38. The predicted octanol–water partition coefficient (Wildman–Crippen LogP) is 6.35. The van der Waals surface area contributed by atoms with Crippen LogP contribution in [0.2, 0.25) is 0 Å².